The van der Waals surface area contributed by atoms with E-state index in [1.54, 1.807) is 30.3 Å². The Morgan fingerprint density at radius 2 is 1.34 bits per heavy atom. The maximum absolute atomic E-state index is 13.0. The fraction of sp³-hybridized carbons (Fsp3) is 0.600. The molecule has 0 bridgehead atoms. The molecule has 0 spiro atoms. The van der Waals surface area contributed by atoms with Crippen LogP contribution in [0.1, 0.15) is 53.0 Å². The van der Waals surface area contributed by atoms with E-state index in [0.717, 1.165) is 0 Å². The third-order valence-corrected chi connectivity index (χ3v) is 5.36. The second-order valence-electron chi connectivity index (χ2n) is 9.74. The second kappa shape index (κ2) is 14.4. The molecule has 35 heavy (non-hydrogen) atoms. The van der Waals surface area contributed by atoms with Crippen molar-refractivity contribution in [2.24, 2.45) is 17.6 Å². The van der Waals surface area contributed by atoms with Crippen molar-refractivity contribution in [3.8, 4) is 0 Å². The van der Waals surface area contributed by atoms with Crippen molar-refractivity contribution >= 4 is 23.7 Å². The number of carboxylic acids is 1. The molecule has 196 valence electrons. The Hall–Kier alpha value is -2.98. The van der Waals surface area contributed by atoms with Gasteiger partial charge in [-0.1, -0.05) is 58.0 Å². The number of aliphatic hydroxyl groups is 1. The van der Waals surface area contributed by atoms with Crippen LogP contribution in [0.4, 0.5) is 0 Å². The summed E-state index contributed by atoms with van der Waals surface area (Å²) in [5.74, 6) is -3.01. The molecule has 0 heterocycles. The maximum atomic E-state index is 13.0. The summed E-state index contributed by atoms with van der Waals surface area (Å²) in [5, 5.41) is 27.2. The normalized spacial score (nSPS) is 15.6. The van der Waals surface area contributed by atoms with Crippen LogP contribution in [0.15, 0.2) is 30.3 Å². The van der Waals surface area contributed by atoms with Gasteiger partial charge < -0.3 is 31.9 Å². The number of hydrogen-bond acceptors (Lipinski definition) is 6. The highest BCUT2D eigenvalue weighted by Crippen LogP contribution is 2.09. The summed E-state index contributed by atoms with van der Waals surface area (Å²) in [7, 11) is 0. The van der Waals surface area contributed by atoms with Crippen molar-refractivity contribution in [3.63, 3.8) is 0 Å². The number of amides is 3. The highest BCUT2D eigenvalue weighted by atomic mass is 16.4. The summed E-state index contributed by atoms with van der Waals surface area (Å²) >= 11 is 0. The Labute approximate surface area is 207 Å². The Bertz CT molecular complexity index is 844. The Morgan fingerprint density at radius 1 is 0.800 bits per heavy atom. The molecule has 1 rings (SSSR count). The third-order valence-electron chi connectivity index (χ3n) is 5.36. The van der Waals surface area contributed by atoms with Gasteiger partial charge in [-0.3, -0.25) is 14.4 Å². The molecule has 0 aromatic heterocycles. The fourth-order valence-electron chi connectivity index (χ4n) is 3.57. The van der Waals surface area contributed by atoms with Crippen LogP contribution in [-0.4, -0.2) is 64.2 Å². The number of benzene rings is 1. The monoisotopic (exact) mass is 492 g/mol. The van der Waals surface area contributed by atoms with Crippen molar-refractivity contribution < 1.29 is 29.4 Å². The van der Waals surface area contributed by atoms with Crippen LogP contribution < -0.4 is 21.7 Å². The average Bonchev–Trinajstić information content (AvgIpc) is 2.75. The SMILES string of the molecule is CC(C)CC(N)C(=O)NC(CC(C)C)C(=O)NC(C(=O)NC(Cc1ccccc1)C(=O)O)C(C)O. The first-order valence-corrected chi connectivity index (χ1v) is 11.9. The molecule has 0 fully saturated rings. The summed E-state index contributed by atoms with van der Waals surface area (Å²) in [6.07, 6.45) is -0.559. The molecular formula is C25H40N4O6. The Kier molecular flexibility index (Phi) is 12.4. The predicted octanol–water partition coefficient (Wildman–Crippen LogP) is 0.568. The zero-order valence-electron chi connectivity index (χ0n) is 21.2. The summed E-state index contributed by atoms with van der Waals surface area (Å²) < 4.78 is 0. The first kappa shape index (κ1) is 30.1. The zero-order valence-corrected chi connectivity index (χ0v) is 21.2. The predicted molar refractivity (Wildman–Crippen MR) is 132 cm³/mol. The fourth-order valence-corrected chi connectivity index (χ4v) is 3.57. The lowest BCUT2D eigenvalue weighted by atomic mass is 10.00. The molecule has 10 nitrogen and oxygen atoms in total. The zero-order chi connectivity index (χ0) is 26.7. The van der Waals surface area contributed by atoms with Crippen LogP contribution >= 0.6 is 0 Å². The van der Waals surface area contributed by atoms with Crippen LogP contribution in [0.3, 0.4) is 0 Å². The van der Waals surface area contributed by atoms with Gasteiger partial charge in [0.1, 0.15) is 18.1 Å². The van der Waals surface area contributed by atoms with E-state index in [-0.39, 0.29) is 24.7 Å². The number of nitrogens with one attached hydrogen (secondary N) is 3. The van der Waals surface area contributed by atoms with E-state index < -0.39 is 54.0 Å². The summed E-state index contributed by atoms with van der Waals surface area (Å²) in [5.41, 5.74) is 6.64. The molecule has 7 N–H and O–H groups in total. The van der Waals surface area contributed by atoms with Crippen molar-refractivity contribution in [2.45, 2.75) is 84.2 Å². The van der Waals surface area contributed by atoms with Gasteiger partial charge in [-0.2, -0.15) is 0 Å². The van der Waals surface area contributed by atoms with E-state index in [0.29, 0.717) is 12.0 Å². The van der Waals surface area contributed by atoms with Crippen LogP contribution in [0.2, 0.25) is 0 Å². The first-order valence-electron chi connectivity index (χ1n) is 11.9. The summed E-state index contributed by atoms with van der Waals surface area (Å²) in [4.78, 5) is 50.1. The van der Waals surface area contributed by atoms with E-state index in [1.807, 2.05) is 27.7 Å². The molecule has 5 unspecified atom stereocenters. The molecule has 10 heteroatoms. The summed E-state index contributed by atoms with van der Waals surface area (Å²) in [6.45, 7) is 8.92. The van der Waals surface area contributed by atoms with Gasteiger partial charge in [-0.25, -0.2) is 4.79 Å². The minimum atomic E-state index is -1.42. The number of carbonyl (C=O) groups excluding carboxylic acids is 3. The average molecular weight is 493 g/mol. The minimum Gasteiger partial charge on any atom is -0.480 e. The minimum absolute atomic E-state index is 0.0299. The van der Waals surface area contributed by atoms with Gasteiger partial charge in [-0.05, 0) is 37.2 Å². The standard InChI is InChI=1S/C25H40N4O6/c1-14(2)11-18(26)22(31)27-19(12-15(3)4)23(32)29-21(16(5)30)24(33)28-20(25(34)35)13-17-9-7-6-8-10-17/h6-10,14-16,18-21,30H,11-13,26H2,1-5H3,(H,27,31)(H,28,33)(H,29,32)(H,34,35). The lowest BCUT2D eigenvalue weighted by molar-refractivity contribution is -0.143. The van der Waals surface area contributed by atoms with Gasteiger partial charge >= 0.3 is 5.97 Å². The maximum Gasteiger partial charge on any atom is 0.326 e. The number of rotatable bonds is 14. The largest absolute Gasteiger partial charge is 0.480 e. The highest BCUT2D eigenvalue weighted by Gasteiger charge is 2.33. The number of nitrogens with two attached hydrogens (primary N) is 1. The molecule has 5 atom stereocenters. The van der Waals surface area contributed by atoms with Crippen molar-refractivity contribution in [1.29, 1.82) is 0 Å². The van der Waals surface area contributed by atoms with Crippen molar-refractivity contribution in [1.82, 2.24) is 16.0 Å². The van der Waals surface area contributed by atoms with Crippen molar-refractivity contribution in [2.75, 3.05) is 0 Å². The van der Waals surface area contributed by atoms with Gasteiger partial charge in [0.25, 0.3) is 0 Å². The number of hydrogen-bond donors (Lipinski definition) is 6. The van der Waals surface area contributed by atoms with Gasteiger partial charge in [-0.15, -0.1) is 0 Å². The smallest absolute Gasteiger partial charge is 0.326 e. The Morgan fingerprint density at radius 3 is 1.83 bits per heavy atom. The molecule has 0 aliphatic carbocycles. The van der Waals surface area contributed by atoms with E-state index in [9.17, 15) is 29.4 Å². The number of carbonyl (C=O) groups is 4. The molecular weight excluding hydrogens is 452 g/mol. The van der Waals surface area contributed by atoms with E-state index >= 15 is 0 Å². The van der Waals surface area contributed by atoms with E-state index in [1.165, 1.54) is 6.92 Å². The van der Waals surface area contributed by atoms with Crippen LogP contribution in [0.5, 0.6) is 0 Å². The second-order valence-corrected chi connectivity index (χ2v) is 9.74. The molecule has 0 radical (unpaired) electrons. The summed E-state index contributed by atoms with van der Waals surface area (Å²) in [6, 6.07) is 4.32. The Balaban J connectivity index is 2.95. The molecule has 0 saturated carbocycles. The first-order chi connectivity index (χ1) is 16.3. The highest BCUT2D eigenvalue weighted by molar-refractivity contribution is 5.94. The number of carboxylic acid groups (broad SMARTS) is 1. The molecule has 1 aromatic rings. The molecule has 3 amide bonds. The van der Waals surface area contributed by atoms with Crippen molar-refractivity contribution in [3.05, 3.63) is 35.9 Å². The number of aliphatic hydroxyl groups excluding tert-OH is 1. The van der Waals surface area contributed by atoms with E-state index in [4.69, 9.17) is 5.73 Å². The van der Waals surface area contributed by atoms with E-state index in [2.05, 4.69) is 16.0 Å². The van der Waals surface area contributed by atoms with Crippen LogP contribution in [0.25, 0.3) is 0 Å². The molecule has 0 saturated heterocycles. The lowest BCUT2D eigenvalue weighted by Crippen LogP contribution is -2.60. The molecule has 0 aliphatic rings. The number of aliphatic carboxylic acids is 1. The topological polar surface area (TPSA) is 171 Å². The molecule has 1 aromatic carbocycles. The van der Waals surface area contributed by atoms with Crippen LogP contribution in [-0.2, 0) is 25.6 Å². The van der Waals surface area contributed by atoms with Gasteiger partial charge in [0.15, 0.2) is 0 Å². The van der Waals surface area contributed by atoms with Gasteiger partial charge in [0.2, 0.25) is 17.7 Å². The van der Waals surface area contributed by atoms with Gasteiger partial charge in [0.05, 0.1) is 12.1 Å². The third kappa shape index (κ3) is 10.9. The van der Waals surface area contributed by atoms with Crippen LogP contribution in [0, 0.1) is 11.8 Å². The molecule has 0 aliphatic heterocycles. The lowest BCUT2D eigenvalue weighted by Gasteiger charge is -2.27. The van der Waals surface area contributed by atoms with Gasteiger partial charge in [0, 0.05) is 6.42 Å². The quantitative estimate of drug-likeness (QED) is 0.220.